The molecule has 1 aromatic carbocycles. The standard InChI is InChI=1S/C20H32NO2/c1-6-21(7-2,13-9-12-20(22)17(3)4)14-15-23-19-11-8-10-18(5)16-19/h8,10-11,16H,3,6-7,9,12-15H2,1-2,4-5H3/q+1. The van der Waals surface area contributed by atoms with Crippen LogP contribution in [0, 0.1) is 6.92 Å². The van der Waals surface area contributed by atoms with E-state index in [1.54, 1.807) is 6.92 Å². The molecule has 0 aromatic heterocycles. The van der Waals surface area contributed by atoms with Crippen molar-refractivity contribution in [1.29, 1.82) is 0 Å². The average Bonchev–Trinajstić information content (AvgIpc) is 2.53. The van der Waals surface area contributed by atoms with Crippen molar-refractivity contribution >= 4 is 5.78 Å². The SMILES string of the molecule is C=C(C)C(=O)CCC[N+](CC)(CC)CCOc1cccc(C)c1. The van der Waals surface area contributed by atoms with Crippen molar-refractivity contribution in [2.75, 3.05) is 32.8 Å². The highest BCUT2D eigenvalue weighted by Gasteiger charge is 2.23. The van der Waals surface area contributed by atoms with Gasteiger partial charge in [-0.05, 0) is 51.0 Å². The first-order valence-corrected chi connectivity index (χ1v) is 8.65. The van der Waals surface area contributed by atoms with E-state index in [-0.39, 0.29) is 5.78 Å². The molecular formula is C20H32NO2+. The molecule has 1 aromatic rings. The lowest BCUT2D eigenvalue weighted by atomic mass is 10.1. The van der Waals surface area contributed by atoms with E-state index in [0.29, 0.717) is 18.6 Å². The molecule has 23 heavy (non-hydrogen) atoms. The third-order valence-corrected chi connectivity index (χ3v) is 4.68. The Bertz CT molecular complexity index is 518. The molecule has 1 rings (SSSR count). The summed E-state index contributed by atoms with van der Waals surface area (Å²) >= 11 is 0. The molecular weight excluding hydrogens is 286 g/mol. The number of Topliss-reactive ketones (excluding diaryl/α,β-unsaturated/α-hetero) is 1. The molecule has 0 fully saturated rings. The topological polar surface area (TPSA) is 26.3 Å². The van der Waals surface area contributed by atoms with Crippen LogP contribution in [0.4, 0.5) is 0 Å². The van der Waals surface area contributed by atoms with Crippen molar-refractivity contribution in [1.82, 2.24) is 0 Å². The molecule has 3 nitrogen and oxygen atoms in total. The van der Waals surface area contributed by atoms with Crippen LogP contribution in [0.1, 0.15) is 39.2 Å². The summed E-state index contributed by atoms with van der Waals surface area (Å²) < 4.78 is 6.91. The maximum absolute atomic E-state index is 11.7. The zero-order valence-corrected chi connectivity index (χ0v) is 15.2. The largest absolute Gasteiger partial charge is 0.488 e. The number of quaternary nitrogens is 1. The van der Waals surface area contributed by atoms with Gasteiger partial charge >= 0.3 is 0 Å². The van der Waals surface area contributed by atoms with Crippen LogP contribution < -0.4 is 4.74 Å². The van der Waals surface area contributed by atoms with Gasteiger partial charge in [0.2, 0.25) is 0 Å². The molecule has 0 amide bonds. The predicted octanol–water partition coefficient (Wildman–Crippen LogP) is 4.16. The van der Waals surface area contributed by atoms with Crippen molar-refractivity contribution in [2.45, 2.75) is 40.5 Å². The zero-order chi connectivity index (χ0) is 17.3. The second-order valence-electron chi connectivity index (χ2n) is 6.39. The Morgan fingerprint density at radius 1 is 1.22 bits per heavy atom. The molecule has 0 spiro atoms. The normalized spacial score (nSPS) is 11.3. The molecule has 128 valence electrons. The summed E-state index contributed by atoms with van der Waals surface area (Å²) in [5.74, 6) is 1.12. The van der Waals surface area contributed by atoms with Gasteiger partial charge in [-0.25, -0.2) is 0 Å². The summed E-state index contributed by atoms with van der Waals surface area (Å²) in [4.78, 5) is 11.7. The fourth-order valence-electron chi connectivity index (χ4n) is 2.82. The van der Waals surface area contributed by atoms with Crippen molar-refractivity contribution < 1.29 is 14.0 Å². The van der Waals surface area contributed by atoms with Crippen LogP contribution in [0.25, 0.3) is 0 Å². The van der Waals surface area contributed by atoms with E-state index in [2.05, 4.69) is 39.5 Å². The van der Waals surface area contributed by atoms with Crippen LogP contribution in [0.15, 0.2) is 36.4 Å². The molecule has 0 aliphatic heterocycles. The van der Waals surface area contributed by atoms with Crippen LogP contribution >= 0.6 is 0 Å². The number of aryl methyl sites for hydroxylation is 1. The molecule has 0 saturated carbocycles. The lowest BCUT2D eigenvalue weighted by Crippen LogP contribution is -2.50. The minimum atomic E-state index is 0.186. The lowest BCUT2D eigenvalue weighted by molar-refractivity contribution is -0.925. The Morgan fingerprint density at radius 3 is 2.48 bits per heavy atom. The molecule has 0 atom stereocenters. The summed E-state index contributed by atoms with van der Waals surface area (Å²) in [6.45, 7) is 16.9. The van der Waals surface area contributed by atoms with Crippen molar-refractivity contribution in [2.24, 2.45) is 0 Å². The number of hydrogen-bond acceptors (Lipinski definition) is 2. The smallest absolute Gasteiger partial charge is 0.158 e. The Labute approximate surface area is 141 Å². The van der Waals surface area contributed by atoms with Crippen LogP contribution in [-0.2, 0) is 4.79 Å². The van der Waals surface area contributed by atoms with Crippen LogP contribution in [0.2, 0.25) is 0 Å². The number of rotatable bonds is 11. The predicted molar refractivity (Wildman–Crippen MR) is 96.8 cm³/mol. The van der Waals surface area contributed by atoms with E-state index in [1.807, 2.05) is 12.1 Å². The van der Waals surface area contributed by atoms with Crippen molar-refractivity contribution in [3.05, 3.63) is 42.0 Å². The van der Waals surface area contributed by atoms with E-state index in [0.717, 1.165) is 42.8 Å². The monoisotopic (exact) mass is 318 g/mol. The van der Waals surface area contributed by atoms with E-state index in [1.165, 1.54) is 5.56 Å². The molecule has 0 aliphatic carbocycles. The quantitative estimate of drug-likeness (QED) is 0.452. The first kappa shape index (κ1) is 19.4. The fraction of sp³-hybridized carbons (Fsp3) is 0.550. The maximum atomic E-state index is 11.7. The van der Waals surface area contributed by atoms with Crippen molar-refractivity contribution in [3.8, 4) is 5.75 Å². The van der Waals surface area contributed by atoms with Gasteiger partial charge in [0.05, 0.1) is 19.6 Å². The number of likely N-dealkylation sites (N-methyl/N-ethyl adjacent to an activating group) is 1. The van der Waals surface area contributed by atoms with E-state index in [9.17, 15) is 4.79 Å². The molecule has 0 heterocycles. The lowest BCUT2D eigenvalue weighted by Gasteiger charge is -2.36. The molecule has 0 saturated heterocycles. The number of benzene rings is 1. The summed E-state index contributed by atoms with van der Waals surface area (Å²) in [5, 5.41) is 0. The number of ketones is 1. The van der Waals surface area contributed by atoms with E-state index < -0.39 is 0 Å². The highest BCUT2D eigenvalue weighted by atomic mass is 16.5. The second kappa shape index (κ2) is 9.51. The minimum Gasteiger partial charge on any atom is -0.488 e. The van der Waals surface area contributed by atoms with Crippen molar-refractivity contribution in [3.63, 3.8) is 0 Å². The van der Waals surface area contributed by atoms with Gasteiger partial charge in [0.25, 0.3) is 0 Å². The number of carbonyl (C=O) groups is 1. The number of nitrogens with zero attached hydrogens (tertiary/aromatic N) is 1. The van der Waals surface area contributed by atoms with Gasteiger partial charge in [-0.1, -0.05) is 18.7 Å². The Hall–Kier alpha value is -1.61. The molecule has 3 heteroatoms. The molecule has 0 aliphatic rings. The zero-order valence-electron chi connectivity index (χ0n) is 15.2. The molecule has 0 N–H and O–H groups in total. The third-order valence-electron chi connectivity index (χ3n) is 4.68. The molecule has 0 radical (unpaired) electrons. The molecule has 0 unspecified atom stereocenters. The number of carbonyl (C=O) groups excluding carboxylic acids is 1. The maximum Gasteiger partial charge on any atom is 0.158 e. The van der Waals surface area contributed by atoms with Crippen LogP contribution in [-0.4, -0.2) is 43.1 Å². The Kier molecular flexibility index (Phi) is 8.04. The average molecular weight is 318 g/mol. The van der Waals surface area contributed by atoms with E-state index >= 15 is 0 Å². The summed E-state index contributed by atoms with van der Waals surface area (Å²) in [6.07, 6.45) is 1.52. The number of hydrogen-bond donors (Lipinski definition) is 0. The summed E-state index contributed by atoms with van der Waals surface area (Å²) in [5.41, 5.74) is 1.88. The van der Waals surface area contributed by atoms with Gasteiger partial charge in [-0.3, -0.25) is 4.79 Å². The van der Waals surface area contributed by atoms with Gasteiger partial charge in [0.15, 0.2) is 5.78 Å². The van der Waals surface area contributed by atoms with E-state index in [4.69, 9.17) is 4.74 Å². The molecule has 0 bridgehead atoms. The fourth-order valence-corrected chi connectivity index (χ4v) is 2.82. The van der Waals surface area contributed by atoms with Gasteiger partial charge in [0.1, 0.15) is 18.9 Å². The van der Waals surface area contributed by atoms with Crippen LogP contribution in [0.5, 0.6) is 5.75 Å². The highest BCUT2D eigenvalue weighted by Crippen LogP contribution is 2.14. The minimum absolute atomic E-state index is 0.186. The van der Waals surface area contributed by atoms with Gasteiger partial charge in [-0.2, -0.15) is 0 Å². The van der Waals surface area contributed by atoms with Gasteiger partial charge < -0.3 is 9.22 Å². The first-order valence-electron chi connectivity index (χ1n) is 8.65. The number of allylic oxidation sites excluding steroid dienone is 1. The summed E-state index contributed by atoms with van der Waals surface area (Å²) in [7, 11) is 0. The Morgan fingerprint density at radius 2 is 1.91 bits per heavy atom. The Balaban J connectivity index is 2.49. The first-order chi connectivity index (χ1) is 10.9. The van der Waals surface area contributed by atoms with Gasteiger partial charge in [0, 0.05) is 12.8 Å². The second-order valence-corrected chi connectivity index (χ2v) is 6.39. The highest BCUT2D eigenvalue weighted by molar-refractivity contribution is 5.93. The summed E-state index contributed by atoms with van der Waals surface area (Å²) in [6, 6.07) is 8.17. The van der Waals surface area contributed by atoms with Gasteiger partial charge in [-0.15, -0.1) is 0 Å². The number of ether oxygens (including phenoxy) is 1. The van der Waals surface area contributed by atoms with Crippen LogP contribution in [0.3, 0.4) is 0 Å². The third kappa shape index (κ3) is 6.57.